The van der Waals surface area contributed by atoms with Gasteiger partial charge in [0.15, 0.2) is 0 Å². The molecule has 0 aromatic carbocycles. The number of hydrogen-bond acceptors (Lipinski definition) is 2. The summed E-state index contributed by atoms with van der Waals surface area (Å²) in [6, 6.07) is 4.32. The van der Waals surface area contributed by atoms with Gasteiger partial charge in [-0.25, -0.2) is 0 Å². The van der Waals surface area contributed by atoms with Gasteiger partial charge in [0.05, 0.1) is 12.1 Å². The highest BCUT2D eigenvalue weighted by atomic mass is 16.3. The van der Waals surface area contributed by atoms with Crippen molar-refractivity contribution in [2.75, 3.05) is 7.05 Å². The summed E-state index contributed by atoms with van der Waals surface area (Å²) >= 11 is 0. The molecule has 1 amide bonds. The van der Waals surface area contributed by atoms with Gasteiger partial charge in [0.25, 0.3) is 5.91 Å². The number of aromatic nitrogens is 1. The first-order valence-electron chi connectivity index (χ1n) is 7.30. The number of rotatable bonds is 3. The van der Waals surface area contributed by atoms with Crippen LogP contribution in [-0.4, -0.2) is 39.7 Å². The molecule has 0 radical (unpaired) electrons. The Balaban J connectivity index is 1.76. The van der Waals surface area contributed by atoms with Crippen molar-refractivity contribution in [2.45, 2.75) is 56.7 Å². The summed E-state index contributed by atoms with van der Waals surface area (Å²) in [4.78, 5) is 14.3. The van der Waals surface area contributed by atoms with Crippen LogP contribution in [0.3, 0.4) is 0 Å². The number of carbonyl (C=O) groups excluding carboxylic acids is 1. The van der Waals surface area contributed by atoms with E-state index in [4.69, 9.17) is 0 Å². The van der Waals surface area contributed by atoms with Gasteiger partial charge in [0.1, 0.15) is 5.69 Å². The van der Waals surface area contributed by atoms with Crippen LogP contribution in [0.5, 0.6) is 0 Å². The third kappa shape index (κ3) is 2.41. The van der Waals surface area contributed by atoms with Crippen molar-refractivity contribution in [2.24, 2.45) is 0 Å². The topological polar surface area (TPSA) is 45.5 Å². The first-order chi connectivity index (χ1) is 9.18. The third-order valence-electron chi connectivity index (χ3n) is 4.45. The Morgan fingerprint density at radius 3 is 2.74 bits per heavy atom. The molecule has 1 aromatic rings. The highest BCUT2D eigenvalue weighted by Gasteiger charge is 2.32. The maximum absolute atomic E-state index is 12.6. The van der Waals surface area contributed by atoms with E-state index in [1.165, 1.54) is 12.8 Å². The highest BCUT2D eigenvalue weighted by Crippen LogP contribution is 2.36. The summed E-state index contributed by atoms with van der Waals surface area (Å²) in [6.45, 7) is 0. The van der Waals surface area contributed by atoms with E-state index in [2.05, 4.69) is 4.57 Å². The minimum absolute atomic E-state index is 0.0243. The Bertz CT molecular complexity index is 464. The second-order valence-corrected chi connectivity index (χ2v) is 5.87. The van der Waals surface area contributed by atoms with Crippen LogP contribution in [0.25, 0.3) is 0 Å². The molecule has 2 aliphatic carbocycles. The second kappa shape index (κ2) is 5.00. The second-order valence-electron chi connectivity index (χ2n) is 5.87. The molecule has 4 heteroatoms. The predicted octanol–water partition coefficient (Wildman–Crippen LogP) is 2.20. The minimum atomic E-state index is -0.368. The Labute approximate surface area is 114 Å². The standard InChI is InChI=1S/C15H22N2O2/c1-16(12-5-2-3-7-14(12)18)15(19)13-6-4-10-17(13)11-8-9-11/h4,6,10-12,14,18H,2-3,5,7-9H2,1H3. The number of amides is 1. The lowest BCUT2D eigenvalue weighted by atomic mass is 9.91. The fourth-order valence-corrected chi connectivity index (χ4v) is 3.12. The molecule has 0 bridgehead atoms. The molecule has 0 saturated heterocycles. The molecule has 1 N–H and O–H groups in total. The molecule has 2 saturated carbocycles. The predicted molar refractivity (Wildman–Crippen MR) is 73.1 cm³/mol. The van der Waals surface area contributed by atoms with Crippen LogP contribution in [0, 0.1) is 0 Å². The quantitative estimate of drug-likeness (QED) is 0.907. The van der Waals surface area contributed by atoms with Gasteiger partial charge < -0.3 is 14.6 Å². The van der Waals surface area contributed by atoms with Crippen molar-refractivity contribution in [3.05, 3.63) is 24.0 Å². The monoisotopic (exact) mass is 262 g/mol. The molecule has 1 heterocycles. The summed E-state index contributed by atoms with van der Waals surface area (Å²) in [5.41, 5.74) is 0.766. The number of hydrogen-bond donors (Lipinski definition) is 1. The molecule has 0 spiro atoms. The maximum atomic E-state index is 12.6. The van der Waals surface area contributed by atoms with E-state index in [0.717, 1.165) is 31.4 Å². The zero-order valence-electron chi connectivity index (χ0n) is 11.5. The molecular formula is C15H22N2O2. The lowest BCUT2D eigenvalue weighted by Gasteiger charge is -2.35. The van der Waals surface area contributed by atoms with E-state index in [1.807, 2.05) is 25.4 Å². The van der Waals surface area contributed by atoms with Crippen LogP contribution in [-0.2, 0) is 0 Å². The molecule has 19 heavy (non-hydrogen) atoms. The van der Waals surface area contributed by atoms with Crippen molar-refractivity contribution >= 4 is 5.91 Å². The molecule has 4 nitrogen and oxygen atoms in total. The lowest BCUT2D eigenvalue weighted by molar-refractivity contribution is 0.0261. The lowest BCUT2D eigenvalue weighted by Crippen LogP contribution is -2.46. The zero-order valence-corrected chi connectivity index (χ0v) is 11.5. The molecule has 2 atom stereocenters. The van der Waals surface area contributed by atoms with Crippen molar-refractivity contribution in [1.82, 2.24) is 9.47 Å². The number of aliphatic hydroxyl groups excluding tert-OH is 1. The van der Waals surface area contributed by atoms with E-state index in [1.54, 1.807) is 4.90 Å². The fourth-order valence-electron chi connectivity index (χ4n) is 3.12. The maximum Gasteiger partial charge on any atom is 0.270 e. The average molecular weight is 262 g/mol. The Morgan fingerprint density at radius 2 is 2.05 bits per heavy atom. The number of likely N-dealkylation sites (N-methyl/N-ethyl adjacent to an activating group) is 1. The molecular weight excluding hydrogens is 240 g/mol. The van der Waals surface area contributed by atoms with Crippen molar-refractivity contribution in [3.63, 3.8) is 0 Å². The van der Waals surface area contributed by atoms with Gasteiger partial charge in [0, 0.05) is 19.3 Å². The SMILES string of the molecule is CN(C(=O)c1cccn1C1CC1)C1CCCCC1O. The van der Waals surface area contributed by atoms with Crippen LogP contribution in [0.15, 0.2) is 18.3 Å². The highest BCUT2D eigenvalue weighted by molar-refractivity contribution is 5.93. The normalized spacial score (nSPS) is 27.3. The number of nitrogens with zero attached hydrogens (tertiary/aromatic N) is 2. The average Bonchev–Trinajstić information content (AvgIpc) is 3.15. The van der Waals surface area contributed by atoms with Gasteiger partial charge in [-0.2, -0.15) is 0 Å². The number of aliphatic hydroxyl groups is 1. The molecule has 2 aliphatic rings. The van der Waals surface area contributed by atoms with Crippen molar-refractivity contribution in [3.8, 4) is 0 Å². The Kier molecular flexibility index (Phi) is 3.35. The molecule has 0 aliphatic heterocycles. The largest absolute Gasteiger partial charge is 0.391 e. The molecule has 2 fully saturated rings. The van der Waals surface area contributed by atoms with Crippen LogP contribution in [0.1, 0.15) is 55.1 Å². The Morgan fingerprint density at radius 1 is 1.32 bits per heavy atom. The minimum Gasteiger partial charge on any atom is -0.391 e. The first-order valence-corrected chi connectivity index (χ1v) is 7.30. The van der Waals surface area contributed by atoms with Crippen LogP contribution >= 0.6 is 0 Å². The van der Waals surface area contributed by atoms with Crippen LogP contribution < -0.4 is 0 Å². The molecule has 3 rings (SSSR count). The Hall–Kier alpha value is -1.29. The number of carbonyl (C=O) groups is 1. The fraction of sp³-hybridized carbons (Fsp3) is 0.667. The molecule has 104 valence electrons. The van der Waals surface area contributed by atoms with Gasteiger partial charge in [-0.1, -0.05) is 12.8 Å². The third-order valence-corrected chi connectivity index (χ3v) is 4.45. The van der Waals surface area contributed by atoms with E-state index < -0.39 is 0 Å². The van der Waals surface area contributed by atoms with E-state index in [-0.39, 0.29) is 18.1 Å². The molecule has 2 unspecified atom stereocenters. The molecule has 1 aromatic heterocycles. The summed E-state index contributed by atoms with van der Waals surface area (Å²) in [5, 5.41) is 10.1. The van der Waals surface area contributed by atoms with E-state index in [9.17, 15) is 9.90 Å². The van der Waals surface area contributed by atoms with Gasteiger partial charge in [-0.05, 0) is 37.8 Å². The smallest absolute Gasteiger partial charge is 0.270 e. The van der Waals surface area contributed by atoms with Gasteiger partial charge >= 0.3 is 0 Å². The van der Waals surface area contributed by atoms with Crippen molar-refractivity contribution < 1.29 is 9.90 Å². The van der Waals surface area contributed by atoms with Crippen LogP contribution in [0.2, 0.25) is 0 Å². The van der Waals surface area contributed by atoms with Gasteiger partial charge in [-0.15, -0.1) is 0 Å². The summed E-state index contributed by atoms with van der Waals surface area (Å²) < 4.78 is 2.09. The van der Waals surface area contributed by atoms with Gasteiger partial charge in [0.2, 0.25) is 0 Å². The van der Waals surface area contributed by atoms with E-state index in [0.29, 0.717) is 6.04 Å². The van der Waals surface area contributed by atoms with Gasteiger partial charge in [-0.3, -0.25) is 4.79 Å². The van der Waals surface area contributed by atoms with Crippen molar-refractivity contribution in [1.29, 1.82) is 0 Å². The summed E-state index contributed by atoms with van der Waals surface area (Å²) in [6.07, 6.45) is 7.86. The first kappa shape index (κ1) is 12.7. The van der Waals surface area contributed by atoms with E-state index >= 15 is 0 Å². The summed E-state index contributed by atoms with van der Waals surface area (Å²) in [5.74, 6) is 0.0443. The van der Waals surface area contributed by atoms with Crippen LogP contribution in [0.4, 0.5) is 0 Å². The summed E-state index contributed by atoms with van der Waals surface area (Å²) in [7, 11) is 1.83. The zero-order chi connectivity index (χ0) is 13.4.